The number of anilines is 1. The molecular formula is C8H16N4O2. The summed E-state index contributed by atoms with van der Waals surface area (Å²) in [5, 5.41) is 3.79. The summed E-state index contributed by atoms with van der Waals surface area (Å²) in [5.74, 6) is 0.955. The molecule has 0 saturated heterocycles. The van der Waals surface area contributed by atoms with Gasteiger partial charge in [0.1, 0.15) is 6.04 Å². The van der Waals surface area contributed by atoms with Crippen LogP contribution in [0.3, 0.4) is 0 Å². The second-order valence-corrected chi connectivity index (χ2v) is 3.01. The van der Waals surface area contributed by atoms with E-state index in [4.69, 9.17) is 15.0 Å². The molecule has 14 heavy (non-hydrogen) atoms. The number of nitrogens with zero attached hydrogens (tertiary/aromatic N) is 3. The molecule has 0 saturated carbocycles. The molecule has 1 heterocycles. The fraction of sp³-hybridized carbons (Fsp3) is 0.750. The lowest BCUT2D eigenvalue weighted by molar-refractivity contribution is 0.166. The monoisotopic (exact) mass is 200 g/mol. The van der Waals surface area contributed by atoms with E-state index in [1.165, 1.54) is 0 Å². The van der Waals surface area contributed by atoms with E-state index in [0.717, 1.165) is 6.54 Å². The quantitative estimate of drug-likeness (QED) is 0.730. The maximum Gasteiger partial charge on any atom is 0.265 e. The Kier molecular flexibility index (Phi) is 3.84. The van der Waals surface area contributed by atoms with Crippen LogP contribution in [-0.2, 0) is 4.74 Å². The minimum absolute atomic E-state index is 0.355. The van der Waals surface area contributed by atoms with Crippen LogP contribution < -0.4 is 10.6 Å². The predicted octanol–water partition coefficient (Wildman–Crippen LogP) is 0.172. The lowest BCUT2D eigenvalue weighted by Crippen LogP contribution is -2.19. The highest BCUT2D eigenvalue weighted by Crippen LogP contribution is 2.12. The molecule has 1 unspecified atom stereocenters. The van der Waals surface area contributed by atoms with Gasteiger partial charge in [-0.1, -0.05) is 0 Å². The molecule has 0 bridgehead atoms. The lowest BCUT2D eigenvalue weighted by Gasteiger charge is -2.09. The van der Waals surface area contributed by atoms with Crippen molar-refractivity contribution in [2.45, 2.75) is 13.0 Å². The highest BCUT2D eigenvalue weighted by atomic mass is 16.5. The molecule has 0 aliphatic carbocycles. The molecule has 0 radical (unpaired) electrons. The third-order valence-electron chi connectivity index (χ3n) is 1.91. The largest absolute Gasteiger partial charge is 0.383 e. The van der Waals surface area contributed by atoms with Gasteiger partial charge in [-0.25, -0.2) is 0 Å². The maximum atomic E-state index is 5.72. The van der Waals surface area contributed by atoms with Gasteiger partial charge in [0.25, 0.3) is 5.95 Å². The van der Waals surface area contributed by atoms with E-state index in [1.807, 2.05) is 18.9 Å². The summed E-state index contributed by atoms with van der Waals surface area (Å²) < 4.78 is 9.88. The average Bonchev–Trinajstić information content (AvgIpc) is 2.66. The molecule has 2 N–H and O–H groups in total. The van der Waals surface area contributed by atoms with Crippen LogP contribution in [0.5, 0.6) is 0 Å². The normalized spacial score (nSPS) is 12.9. The van der Waals surface area contributed by atoms with Gasteiger partial charge in [0, 0.05) is 20.7 Å². The van der Waals surface area contributed by atoms with Crippen LogP contribution in [0.15, 0.2) is 4.52 Å². The van der Waals surface area contributed by atoms with Crippen molar-refractivity contribution < 1.29 is 9.26 Å². The minimum Gasteiger partial charge on any atom is -0.383 e. The van der Waals surface area contributed by atoms with E-state index in [0.29, 0.717) is 18.4 Å². The molecule has 80 valence electrons. The number of aromatic nitrogens is 2. The van der Waals surface area contributed by atoms with Crippen molar-refractivity contribution in [3.05, 3.63) is 5.89 Å². The minimum atomic E-state index is -0.355. The predicted molar refractivity (Wildman–Crippen MR) is 52.0 cm³/mol. The van der Waals surface area contributed by atoms with E-state index in [-0.39, 0.29) is 6.04 Å². The number of methoxy groups -OCH3 is 1. The van der Waals surface area contributed by atoms with Crippen LogP contribution in [0, 0.1) is 0 Å². The Morgan fingerprint density at radius 3 is 2.93 bits per heavy atom. The number of rotatable bonds is 5. The second kappa shape index (κ2) is 4.92. The molecule has 0 fully saturated rings. The Morgan fingerprint density at radius 1 is 1.64 bits per heavy atom. The Hall–Kier alpha value is -1.14. The van der Waals surface area contributed by atoms with E-state index in [9.17, 15) is 0 Å². The summed E-state index contributed by atoms with van der Waals surface area (Å²) in [6.45, 7) is 3.20. The SMILES string of the molecule is CCN(C)c1noc(C(N)COC)n1. The average molecular weight is 200 g/mol. The molecule has 6 heteroatoms. The van der Waals surface area contributed by atoms with Crippen molar-refractivity contribution in [1.29, 1.82) is 0 Å². The van der Waals surface area contributed by atoms with Gasteiger partial charge < -0.3 is 19.9 Å². The summed E-state index contributed by atoms with van der Waals surface area (Å²) in [7, 11) is 3.46. The molecule has 6 nitrogen and oxygen atoms in total. The van der Waals surface area contributed by atoms with Crippen molar-refractivity contribution in [3.63, 3.8) is 0 Å². The summed E-state index contributed by atoms with van der Waals surface area (Å²) in [4.78, 5) is 6.01. The van der Waals surface area contributed by atoms with Crippen LogP contribution >= 0.6 is 0 Å². The summed E-state index contributed by atoms with van der Waals surface area (Å²) in [6, 6.07) is -0.355. The van der Waals surface area contributed by atoms with E-state index >= 15 is 0 Å². The standard InChI is InChI=1S/C8H16N4O2/c1-4-12(2)8-10-7(14-11-8)6(9)5-13-3/h6H,4-5,9H2,1-3H3. The zero-order valence-electron chi connectivity index (χ0n) is 8.73. The van der Waals surface area contributed by atoms with Crippen molar-refractivity contribution >= 4 is 5.95 Å². The van der Waals surface area contributed by atoms with Crippen molar-refractivity contribution in [3.8, 4) is 0 Å². The first-order valence-corrected chi connectivity index (χ1v) is 4.48. The smallest absolute Gasteiger partial charge is 0.265 e. The van der Waals surface area contributed by atoms with Crippen LogP contribution in [0.1, 0.15) is 18.9 Å². The van der Waals surface area contributed by atoms with Gasteiger partial charge in [0.15, 0.2) is 0 Å². The molecule has 0 amide bonds. The molecule has 1 aromatic heterocycles. The first-order chi connectivity index (χ1) is 6.69. The molecular weight excluding hydrogens is 184 g/mol. The van der Waals surface area contributed by atoms with E-state index in [1.54, 1.807) is 7.11 Å². The third-order valence-corrected chi connectivity index (χ3v) is 1.91. The number of nitrogens with two attached hydrogens (primary N) is 1. The topological polar surface area (TPSA) is 77.4 Å². The Morgan fingerprint density at radius 2 is 2.36 bits per heavy atom. The maximum absolute atomic E-state index is 5.72. The van der Waals surface area contributed by atoms with E-state index < -0.39 is 0 Å². The van der Waals surface area contributed by atoms with Gasteiger partial charge in [0.05, 0.1) is 6.61 Å². The van der Waals surface area contributed by atoms with Gasteiger partial charge in [-0.15, -0.1) is 0 Å². The molecule has 0 spiro atoms. The van der Waals surface area contributed by atoms with Crippen LogP contribution in [0.2, 0.25) is 0 Å². The van der Waals surface area contributed by atoms with Crippen LogP contribution in [-0.4, -0.2) is 37.4 Å². The summed E-state index contributed by atoms with van der Waals surface area (Å²) in [6.07, 6.45) is 0. The Bertz CT molecular complexity index is 276. The first-order valence-electron chi connectivity index (χ1n) is 4.48. The van der Waals surface area contributed by atoms with Crippen molar-refractivity contribution in [2.24, 2.45) is 5.73 Å². The molecule has 0 aliphatic heterocycles. The van der Waals surface area contributed by atoms with Gasteiger partial charge >= 0.3 is 0 Å². The first kappa shape index (κ1) is 10.9. The number of hydrogen-bond acceptors (Lipinski definition) is 6. The van der Waals surface area contributed by atoms with Gasteiger partial charge in [-0.05, 0) is 12.1 Å². The fourth-order valence-electron chi connectivity index (χ4n) is 0.925. The molecule has 1 rings (SSSR count). The Balaban J connectivity index is 2.67. The van der Waals surface area contributed by atoms with Crippen LogP contribution in [0.25, 0.3) is 0 Å². The molecule has 1 atom stereocenters. The molecule has 1 aromatic rings. The zero-order chi connectivity index (χ0) is 10.6. The third kappa shape index (κ3) is 2.43. The molecule has 0 aliphatic rings. The second-order valence-electron chi connectivity index (χ2n) is 3.01. The van der Waals surface area contributed by atoms with Gasteiger partial charge in [-0.2, -0.15) is 4.98 Å². The van der Waals surface area contributed by atoms with Crippen LogP contribution in [0.4, 0.5) is 5.95 Å². The lowest BCUT2D eigenvalue weighted by atomic mass is 10.3. The summed E-state index contributed by atoms with van der Waals surface area (Å²) >= 11 is 0. The Labute approximate surface area is 83.0 Å². The van der Waals surface area contributed by atoms with Crippen molar-refractivity contribution in [1.82, 2.24) is 10.1 Å². The fourth-order valence-corrected chi connectivity index (χ4v) is 0.925. The highest BCUT2D eigenvalue weighted by Gasteiger charge is 2.15. The van der Waals surface area contributed by atoms with E-state index in [2.05, 4.69) is 10.1 Å². The number of hydrogen-bond donors (Lipinski definition) is 1. The van der Waals surface area contributed by atoms with Crippen molar-refractivity contribution in [2.75, 3.05) is 32.2 Å². The highest BCUT2D eigenvalue weighted by molar-refractivity contribution is 5.25. The van der Waals surface area contributed by atoms with Gasteiger partial charge in [0.2, 0.25) is 5.89 Å². The number of ether oxygens (including phenoxy) is 1. The van der Waals surface area contributed by atoms with Gasteiger partial charge in [-0.3, -0.25) is 0 Å². The summed E-state index contributed by atoms with van der Waals surface area (Å²) in [5.41, 5.74) is 5.72. The molecule has 0 aromatic carbocycles. The zero-order valence-corrected chi connectivity index (χ0v) is 8.73.